The number of aromatic amines is 1. The van der Waals surface area contributed by atoms with Crippen molar-refractivity contribution in [1.29, 1.82) is 0 Å². The first-order valence-corrected chi connectivity index (χ1v) is 10.2. The number of aryl methyl sites for hydroxylation is 1. The number of aromatic nitrogens is 3. The zero-order chi connectivity index (χ0) is 19.0. The fraction of sp³-hybridized carbons (Fsp3) is 0.526. The predicted octanol–water partition coefficient (Wildman–Crippen LogP) is 2.49. The maximum absolute atomic E-state index is 12.9. The number of hydrogen-bond acceptors (Lipinski definition) is 7. The average molecular weight is 388 g/mol. The lowest BCUT2D eigenvalue weighted by Crippen LogP contribution is -2.25. The number of aliphatic hydroxyl groups is 1. The van der Waals surface area contributed by atoms with Gasteiger partial charge >= 0.3 is 0 Å². The molecule has 2 aliphatic carbocycles. The molecule has 2 heterocycles. The van der Waals surface area contributed by atoms with Crippen LogP contribution in [0.4, 0.5) is 11.8 Å². The molecule has 0 aromatic carbocycles. The fourth-order valence-electron chi connectivity index (χ4n) is 3.73. The van der Waals surface area contributed by atoms with Gasteiger partial charge in [0, 0.05) is 31.6 Å². The van der Waals surface area contributed by atoms with E-state index in [1.54, 1.807) is 16.2 Å². The van der Waals surface area contributed by atoms with Crippen molar-refractivity contribution in [3.05, 3.63) is 27.0 Å². The second kappa shape index (κ2) is 7.44. The molecule has 4 rings (SSSR count). The van der Waals surface area contributed by atoms with Crippen LogP contribution in [0.1, 0.15) is 36.3 Å². The fourth-order valence-corrected chi connectivity index (χ4v) is 4.84. The minimum atomic E-state index is -0.178. The summed E-state index contributed by atoms with van der Waals surface area (Å²) < 4.78 is 0. The lowest BCUT2D eigenvalue weighted by atomic mass is 10.1. The molecular formula is C19H25N5O2S. The molecule has 2 aliphatic rings. The van der Waals surface area contributed by atoms with Crippen molar-refractivity contribution in [2.24, 2.45) is 5.92 Å². The first kappa shape index (κ1) is 18.2. The number of nitrogens with one attached hydrogen (secondary N) is 2. The predicted molar refractivity (Wildman–Crippen MR) is 109 cm³/mol. The summed E-state index contributed by atoms with van der Waals surface area (Å²) >= 11 is 1.58. The quantitative estimate of drug-likeness (QED) is 0.730. The second-order valence-electron chi connectivity index (χ2n) is 7.48. The Morgan fingerprint density at radius 2 is 2.22 bits per heavy atom. The third-order valence-corrected chi connectivity index (χ3v) is 6.37. The molecule has 8 heteroatoms. The summed E-state index contributed by atoms with van der Waals surface area (Å²) in [5, 5.41) is 13.6. The Kier molecular flexibility index (Phi) is 5.01. The minimum Gasteiger partial charge on any atom is -0.396 e. The lowest BCUT2D eigenvalue weighted by molar-refractivity contribution is 0.229. The average Bonchev–Trinajstić information content (AvgIpc) is 3.27. The summed E-state index contributed by atoms with van der Waals surface area (Å²) in [7, 11) is 3.71. The summed E-state index contributed by atoms with van der Waals surface area (Å²) in [4.78, 5) is 28.2. The van der Waals surface area contributed by atoms with Crippen LogP contribution in [-0.4, -0.2) is 46.8 Å². The molecule has 0 radical (unpaired) electrons. The molecule has 3 N–H and O–H groups in total. The van der Waals surface area contributed by atoms with Crippen LogP contribution < -0.4 is 15.8 Å². The smallest absolute Gasteiger partial charge is 0.264 e. The van der Waals surface area contributed by atoms with E-state index in [0.29, 0.717) is 28.3 Å². The summed E-state index contributed by atoms with van der Waals surface area (Å²) in [6.45, 7) is 0.211. The van der Waals surface area contributed by atoms with E-state index in [1.165, 1.54) is 4.88 Å². The topological polar surface area (TPSA) is 94.1 Å². The summed E-state index contributed by atoms with van der Waals surface area (Å²) in [6.07, 6.45) is 8.98. The summed E-state index contributed by atoms with van der Waals surface area (Å²) in [5.74, 6) is 1.42. The molecule has 1 saturated carbocycles. The van der Waals surface area contributed by atoms with Crippen molar-refractivity contribution in [3.63, 3.8) is 0 Å². The number of hydrogen-bond donors (Lipinski definition) is 3. The molecule has 27 heavy (non-hydrogen) atoms. The molecule has 0 bridgehead atoms. The van der Waals surface area contributed by atoms with Crippen LogP contribution in [-0.2, 0) is 6.42 Å². The molecular weight excluding hydrogens is 362 g/mol. The Bertz CT molecular complexity index is 917. The minimum absolute atomic E-state index is 0.178. The van der Waals surface area contributed by atoms with Gasteiger partial charge in [-0.15, -0.1) is 11.3 Å². The SMILES string of the molecule is CN(C)c1nc(NC2CCC(CO)C2)c(-c2nc3c(s2)CCC=C3)c(=O)[nH]1. The van der Waals surface area contributed by atoms with Gasteiger partial charge in [-0.2, -0.15) is 4.98 Å². The molecule has 1 fully saturated rings. The van der Waals surface area contributed by atoms with E-state index < -0.39 is 0 Å². The van der Waals surface area contributed by atoms with E-state index in [0.717, 1.165) is 37.8 Å². The van der Waals surface area contributed by atoms with Crippen LogP contribution in [0.25, 0.3) is 16.6 Å². The van der Waals surface area contributed by atoms with E-state index in [4.69, 9.17) is 4.98 Å². The third kappa shape index (κ3) is 3.64. The van der Waals surface area contributed by atoms with Gasteiger partial charge in [0.2, 0.25) is 5.95 Å². The van der Waals surface area contributed by atoms with Crippen LogP contribution >= 0.6 is 11.3 Å². The first-order valence-electron chi connectivity index (χ1n) is 9.40. The van der Waals surface area contributed by atoms with Gasteiger partial charge in [0.1, 0.15) is 16.4 Å². The molecule has 0 aliphatic heterocycles. The lowest BCUT2D eigenvalue weighted by Gasteiger charge is -2.18. The largest absolute Gasteiger partial charge is 0.396 e. The van der Waals surface area contributed by atoms with Crippen LogP contribution in [0.15, 0.2) is 10.9 Å². The number of thiazole rings is 1. The molecule has 2 aromatic rings. The molecule has 0 amide bonds. The first-order chi connectivity index (χ1) is 13.0. The molecule has 144 valence electrons. The van der Waals surface area contributed by atoms with Gasteiger partial charge in [-0.3, -0.25) is 9.78 Å². The van der Waals surface area contributed by atoms with Crippen molar-refractivity contribution in [2.75, 3.05) is 30.9 Å². The van der Waals surface area contributed by atoms with Crippen molar-refractivity contribution in [1.82, 2.24) is 15.0 Å². The van der Waals surface area contributed by atoms with Crippen molar-refractivity contribution in [3.8, 4) is 10.6 Å². The maximum atomic E-state index is 12.9. The highest BCUT2D eigenvalue weighted by Gasteiger charge is 2.27. The van der Waals surface area contributed by atoms with Crippen LogP contribution in [0.2, 0.25) is 0 Å². The van der Waals surface area contributed by atoms with Gasteiger partial charge < -0.3 is 15.3 Å². The zero-order valence-corrected chi connectivity index (χ0v) is 16.5. The zero-order valence-electron chi connectivity index (χ0n) is 15.7. The second-order valence-corrected chi connectivity index (χ2v) is 8.56. The Labute approximate surface area is 162 Å². The van der Waals surface area contributed by atoms with Gasteiger partial charge in [-0.1, -0.05) is 6.08 Å². The molecule has 0 saturated heterocycles. The monoisotopic (exact) mass is 387 g/mol. The number of anilines is 2. The van der Waals surface area contributed by atoms with Crippen molar-refractivity contribution < 1.29 is 5.11 Å². The number of nitrogens with zero attached hydrogens (tertiary/aromatic N) is 3. The van der Waals surface area contributed by atoms with Gasteiger partial charge in [0.05, 0.1) is 5.69 Å². The Hall–Kier alpha value is -2.19. The summed E-state index contributed by atoms with van der Waals surface area (Å²) in [6, 6.07) is 0.208. The van der Waals surface area contributed by atoms with E-state index in [9.17, 15) is 9.90 Å². The molecule has 2 unspecified atom stereocenters. The van der Waals surface area contributed by atoms with E-state index in [-0.39, 0.29) is 18.2 Å². The number of fused-ring (bicyclic) bond motifs is 1. The highest BCUT2D eigenvalue weighted by atomic mass is 32.1. The van der Waals surface area contributed by atoms with E-state index >= 15 is 0 Å². The van der Waals surface area contributed by atoms with Crippen LogP contribution in [0.5, 0.6) is 0 Å². The number of aliphatic hydroxyl groups excluding tert-OH is 1. The maximum Gasteiger partial charge on any atom is 0.264 e. The van der Waals surface area contributed by atoms with Crippen LogP contribution in [0, 0.1) is 5.92 Å². The molecule has 0 spiro atoms. The number of rotatable bonds is 5. The standard InChI is InChI=1S/C19H25N5O2S/c1-24(2)19-22-16(20-12-8-7-11(9-12)10-25)15(17(26)23-19)18-21-13-5-3-4-6-14(13)27-18/h3,5,11-12,25H,4,6-10H2,1-2H3,(H2,20,22,23,26). The molecule has 2 aromatic heterocycles. The number of H-pyrrole nitrogens is 1. The van der Waals surface area contributed by atoms with Crippen molar-refractivity contribution >= 4 is 29.2 Å². The van der Waals surface area contributed by atoms with Crippen LogP contribution in [0.3, 0.4) is 0 Å². The van der Waals surface area contributed by atoms with Gasteiger partial charge in [0.25, 0.3) is 5.56 Å². The van der Waals surface area contributed by atoms with Gasteiger partial charge in [0.15, 0.2) is 0 Å². The van der Waals surface area contributed by atoms with E-state index in [1.807, 2.05) is 20.2 Å². The van der Waals surface area contributed by atoms with E-state index in [2.05, 4.69) is 21.4 Å². The highest BCUT2D eigenvalue weighted by molar-refractivity contribution is 7.15. The van der Waals surface area contributed by atoms with Gasteiger partial charge in [-0.25, -0.2) is 4.98 Å². The third-order valence-electron chi connectivity index (χ3n) is 5.23. The molecule has 2 atom stereocenters. The Balaban J connectivity index is 1.74. The van der Waals surface area contributed by atoms with Crippen molar-refractivity contribution in [2.45, 2.75) is 38.1 Å². The normalized spacial score (nSPS) is 21.3. The number of allylic oxidation sites excluding steroid dienone is 1. The highest BCUT2D eigenvalue weighted by Crippen LogP contribution is 2.35. The molecule has 7 nitrogen and oxygen atoms in total. The Morgan fingerprint density at radius 3 is 2.93 bits per heavy atom. The Morgan fingerprint density at radius 1 is 1.37 bits per heavy atom. The summed E-state index contributed by atoms with van der Waals surface area (Å²) in [5.41, 5.74) is 1.30. The van der Waals surface area contributed by atoms with Gasteiger partial charge in [-0.05, 0) is 44.1 Å².